The lowest BCUT2D eigenvalue weighted by Gasteiger charge is -2.11. The van der Waals surface area contributed by atoms with Crippen LogP contribution in [0.3, 0.4) is 0 Å². The lowest BCUT2D eigenvalue weighted by atomic mass is 10.2. The predicted octanol–water partition coefficient (Wildman–Crippen LogP) is 3.99. The average molecular weight is 325 g/mol. The van der Waals surface area contributed by atoms with Crippen molar-refractivity contribution in [1.82, 2.24) is 0 Å². The molecule has 4 nitrogen and oxygen atoms in total. The van der Waals surface area contributed by atoms with Gasteiger partial charge in [-0.25, -0.2) is 9.18 Å². The van der Waals surface area contributed by atoms with Crippen molar-refractivity contribution >= 4 is 46.3 Å². The normalized spacial score (nSPS) is 10.0. The Balaban J connectivity index is 2.01. The van der Waals surface area contributed by atoms with E-state index in [1.54, 1.807) is 12.1 Å². The van der Waals surface area contributed by atoms with Gasteiger partial charge in [0.15, 0.2) is 5.11 Å². The highest BCUT2D eigenvalue weighted by Crippen LogP contribution is 2.19. The molecule has 0 unspecified atom stereocenters. The molecule has 0 radical (unpaired) electrons. The number of aromatic carboxylic acids is 1. The Hall–Kier alpha value is -2.18. The van der Waals surface area contributed by atoms with E-state index in [0.29, 0.717) is 11.4 Å². The number of anilines is 2. The molecular weight excluding hydrogens is 315 g/mol. The molecule has 2 aromatic rings. The van der Waals surface area contributed by atoms with Crippen molar-refractivity contribution in [3.05, 3.63) is 58.9 Å². The molecule has 108 valence electrons. The fraction of sp³-hybridized carbons (Fsp3) is 0. The first-order valence-electron chi connectivity index (χ1n) is 5.82. The molecule has 0 aliphatic rings. The maximum Gasteiger partial charge on any atom is 0.335 e. The van der Waals surface area contributed by atoms with E-state index >= 15 is 0 Å². The molecule has 0 aliphatic carbocycles. The van der Waals surface area contributed by atoms with Crippen LogP contribution in [-0.2, 0) is 0 Å². The Kier molecular flexibility index (Phi) is 4.72. The van der Waals surface area contributed by atoms with Crippen molar-refractivity contribution in [1.29, 1.82) is 0 Å². The third kappa shape index (κ3) is 4.14. The molecule has 0 heterocycles. The summed E-state index contributed by atoms with van der Waals surface area (Å²) in [5.74, 6) is -1.51. The number of hydrogen-bond donors (Lipinski definition) is 3. The van der Waals surface area contributed by atoms with Crippen molar-refractivity contribution in [3.63, 3.8) is 0 Å². The van der Waals surface area contributed by atoms with Crippen LogP contribution in [0.1, 0.15) is 10.4 Å². The molecule has 0 saturated carbocycles. The highest BCUT2D eigenvalue weighted by Gasteiger charge is 2.05. The fourth-order valence-corrected chi connectivity index (χ4v) is 1.98. The first kappa shape index (κ1) is 15.2. The second-order valence-corrected chi connectivity index (χ2v) is 4.91. The quantitative estimate of drug-likeness (QED) is 0.745. The molecule has 0 spiro atoms. The van der Waals surface area contributed by atoms with Crippen molar-refractivity contribution in [2.45, 2.75) is 0 Å². The number of carbonyl (C=O) groups is 1. The minimum absolute atomic E-state index is 0.00592. The highest BCUT2D eigenvalue weighted by molar-refractivity contribution is 7.80. The monoisotopic (exact) mass is 324 g/mol. The van der Waals surface area contributed by atoms with Crippen LogP contribution in [0.2, 0.25) is 5.02 Å². The van der Waals surface area contributed by atoms with E-state index in [4.69, 9.17) is 28.9 Å². The highest BCUT2D eigenvalue weighted by atomic mass is 35.5. The summed E-state index contributed by atoms with van der Waals surface area (Å²) >= 11 is 10.8. The van der Waals surface area contributed by atoms with Crippen LogP contribution < -0.4 is 10.6 Å². The predicted molar refractivity (Wildman–Crippen MR) is 84.7 cm³/mol. The molecular formula is C14H10ClFN2O2S. The standard InChI is InChI=1S/C14H10ClFN2O2S/c15-11-7-10(5-6-12(11)16)18-14(21)17-9-3-1-8(2-4-9)13(19)20/h1-7H,(H,19,20)(H2,17,18,21). The van der Waals surface area contributed by atoms with E-state index in [2.05, 4.69) is 10.6 Å². The molecule has 2 aromatic carbocycles. The number of carboxylic acid groups (broad SMARTS) is 1. The summed E-state index contributed by atoms with van der Waals surface area (Å²) in [4.78, 5) is 10.7. The van der Waals surface area contributed by atoms with Crippen LogP contribution in [0.4, 0.5) is 15.8 Å². The summed E-state index contributed by atoms with van der Waals surface area (Å²) in [5, 5.41) is 14.8. The molecule has 0 atom stereocenters. The molecule has 0 saturated heterocycles. The van der Waals surface area contributed by atoms with Crippen molar-refractivity contribution in [3.8, 4) is 0 Å². The summed E-state index contributed by atoms with van der Waals surface area (Å²) < 4.78 is 13.0. The number of rotatable bonds is 3. The first-order valence-corrected chi connectivity index (χ1v) is 6.61. The Morgan fingerprint density at radius 2 is 1.67 bits per heavy atom. The second-order valence-electron chi connectivity index (χ2n) is 4.09. The molecule has 0 amide bonds. The summed E-state index contributed by atoms with van der Waals surface area (Å²) in [6.45, 7) is 0. The van der Waals surface area contributed by atoms with Gasteiger partial charge in [-0.3, -0.25) is 0 Å². The van der Waals surface area contributed by atoms with Crippen LogP contribution in [0.25, 0.3) is 0 Å². The van der Waals surface area contributed by atoms with Crippen LogP contribution >= 0.6 is 23.8 Å². The summed E-state index contributed by atoms with van der Waals surface area (Å²) in [6.07, 6.45) is 0. The van der Waals surface area contributed by atoms with Crippen molar-refractivity contribution < 1.29 is 14.3 Å². The minimum Gasteiger partial charge on any atom is -0.478 e. The van der Waals surface area contributed by atoms with E-state index in [-0.39, 0.29) is 15.7 Å². The number of carboxylic acids is 1. The maximum absolute atomic E-state index is 13.0. The number of thiocarbonyl (C=S) groups is 1. The van der Waals surface area contributed by atoms with Crippen LogP contribution in [-0.4, -0.2) is 16.2 Å². The maximum atomic E-state index is 13.0. The molecule has 0 bridgehead atoms. The average Bonchev–Trinajstić information content (AvgIpc) is 2.43. The van der Waals surface area contributed by atoms with Gasteiger partial charge in [0.2, 0.25) is 0 Å². The molecule has 21 heavy (non-hydrogen) atoms. The van der Waals surface area contributed by atoms with E-state index in [9.17, 15) is 9.18 Å². The van der Waals surface area contributed by atoms with Gasteiger partial charge in [0.05, 0.1) is 10.6 Å². The summed E-state index contributed by atoms with van der Waals surface area (Å²) in [5.41, 5.74) is 1.36. The Morgan fingerprint density at radius 3 is 2.24 bits per heavy atom. The molecule has 0 fully saturated rings. The Bertz CT molecular complexity index is 692. The van der Waals surface area contributed by atoms with Gasteiger partial charge < -0.3 is 15.7 Å². The van der Waals surface area contributed by atoms with E-state index in [1.807, 2.05) is 0 Å². The molecule has 3 N–H and O–H groups in total. The SMILES string of the molecule is O=C(O)c1ccc(NC(=S)Nc2ccc(F)c(Cl)c2)cc1. The number of hydrogen-bond acceptors (Lipinski definition) is 2. The van der Waals surface area contributed by atoms with E-state index in [0.717, 1.165) is 0 Å². The molecule has 7 heteroatoms. The smallest absolute Gasteiger partial charge is 0.335 e. The molecule has 0 aliphatic heterocycles. The van der Waals surface area contributed by atoms with Crippen molar-refractivity contribution in [2.75, 3.05) is 10.6 Å². The zero-order valence-corrected chi connectivity index (χ0v) is 12.1. The Labute approximate surface area is 130 Å². The molecule has 0 aromatic heterocycles. The van der Waals surface area contributed by atoms with Gasteiger partial charge in [-0.1, -0.05) is 11.6 Å². The van der Waals surface area contributed by atoms with Crippen LogP contribution in [0.5, 0.6) is 0 Å². The third-order valence-corrected chi connectivity index (χ3v) is 3.06. The lowest BCUT2D eigenvalue weighted by Crippen LogP contribution is -2.19. The van der Waals surface area contributed by atoms with Gasteiger partial charge in [-0.2, -0.15) is 0 Å². The summed E-state index contributed by atoms with van der Waals surface area (Å²) in [7, 11) is 0. The number of benzene rings is 2. The van der Waals surface area contributed by atoms with Gasteiger partial charge in [0.25, 0.3) is 0 Å². The minimum atomic E-state index is -0.997. The topological polar surface area (TPSA) is 61.4 Å². The van der Waals surface area contributed by atoms with Gasteiger partial charge in [0, 0.05) is 11.4 Å². The first-order chi connectivity index (χ1) is 9.95. The fourth-order valence-electron chi connectivity index (χ4n) is 1.56. The van der Waals surface area contributed by atoms with Gasteiger partial charge in [-0.15, -0.1) is 0 Å². The van der Waals surface area contributed by atoms with E-state index < -0.39 is 11.8 Å². The largest absolute Gasteiger partial charge is 0.478 e. The van der Waals surface area contributed by atoms with Gasteiger partial charge >= 0.3 is 5.97 Å². The Morgan fingerprint density at radius 1 is 1.10 bits per heavy atom. The lowest BCUT2D eigenvalue weighted by molar-refractivity contribution is 0.0697. The summed E-state index contributed by atoms with van der Waals surface area (Å²) in [6, 6.07) is 10.3. The van der Waals surface area contributed by atoms with Crippen LogP contribution in [0, 0.1) is 5.82 Å². The van der Waals surface area contributed by atoms with Crippen LogP contribution in [0.15, 0.2) is 42.5 Å². The van der Waals surface area contributed by atoms with Crippen molar-refractivity contribution in [2.24, 2.45) is 0 Å². The molecule has 2 rings (SSSR count). The zero-order valence-electron chi connectivity index (χ0n) is 10.6. The second kappa shape index (κ2) is 6.51. The zero-order chi connectivity index (χ0) is 15.4. The third-order valence-electron chi connectivity index (χ3n) is 2.57. The number of nitrogens with one attached hydrogen (secondary N) is 2. The van der Waals surface area contributed by atoms with Gasteiger partial charge in [0.1, 0.15) is 5.82 Å². The number of halogens is 2. The van der Waals surface area contributed by atoms with Gasteiger partial charge in [-0.05, 0) is 54.7 Å². The van der Waals surface area contributed by atoms with E-state index in [1.165, 1.54) is 30.3 Å².